The van der Waals surface area contributed by atoms with Crippen molar-refractivity contribution in [1.29, 1.82) is 0 Å². The number of benzene rings is 2. The number of piperazine rings is 1. The fourth-order valence-corrected chi connectivity index (χ4v) is 4.55. The highest BCUT2D eigenvalue weighted by molar-refractivity contribution is 6.01. The predicted octanol–water partition coefficient (Wildman–Crippen LogP) is 4.91. The molecule has 4 rings (SSSR count). The smallest absolute Gasteiger partial charge is 0.246 e. The second-order valence-electron chi connectivity index (χ2n) is 8.73. The Morgan fingerprint density at radius 3 is 2.46 bits per heavy atom. The van der Waals surface area contributed by atoms with Crippen molar-refractivity contribution >= 4 is 28.4 Å². The van der Waals surface area contributed by atoms with Gasteiger partial charge < -0.3 is 23.7 Å². The summed E-state index contributed by atoms with van der Waals surface area (Å²) in [6.07, 6.45) is 3.42. The first-order chi connectivity index (χ1) is 16.8. The molecule has 1 aliphatic heterocycles. The zero-order chi connectivity index (χ0) is 25.1. The van der Waals surface area contributed by atoms with E-state index in [1.807, 2.05) is 51.1 Å². The molecule has 0 unspecified atom stereocenters. The molecule has 0 saturated carbocycles. The number of rotatable bonds is 6. The number of methoxy groups -OCH3 is 1. The van der Waals surface area contributed by atoms with Gasteiger partial charge in [0.25, 0.3) is 0 Å². The van der Waals surface area contributed by atoms with Gasteiger partial charge in [0, 0.05) is 61.3 Å². The first-order valence-corrected chi connectivity index (χ1v) is 11.9. The van der Waals surface area contributed by atoms with Gasteiger partial charge in [-0.2, -0.15) is 0 Å². The molecule has 35 heavy (non-hydrogen) atoms. The molecule has 0 atom stereocenters. The van der Waals surface area contributed by atoms with E-state index in [1.165, 1.54) is 0 Å². The molecule has 1 fully saturated rings. The molecule has 7 nitrogen and oxygen atoms in total. The van der Waals surface area contributed by atoms with Crippen LogP contribution in [0.3, 0.4) is 0 Å². The number of ether oxygens (including phenoxy) is 2. The van der Waals surface area contributed by atoms with Gasteiger partial charge in [0.15, 0.2) is 0 Å². The number of hydrogen-bond donors (Lipinski definition) is 0. The van der Waals surface area contributed by atoms with Crippen LogP contribution in [0, 0.1) is 6.92 Å². The largest absolute Gasteiger partial charge is 0.497 e. The minimum absolute atomic E-state index is 0.0425. The van der Waals surface area contributed by atoms with Gasteiger partial charge in [-0.05, 0) is 50.1 Å². The van der Waals surface area contributed by atoms with Crippen molar-refractivity contribution in [2.45, 2.75) is 27.7 Å². The van der Waals surface area contributed by atoms with Crippen LogP contribution in [-0.4, -0.2) is 61.5 Å². The van der Waals surface area contributed by atoms with Crippen molar-refractivity contribution in [3.05, 3.63) is 53.8 Å². The molecule has 0 N–H and O–H groups in total. The highest BCUT2D eigenvalue weighted by Gasteiger charge is 2.23. The standard InChI is InChI=1S/C28H32N2O5/c1-6-34-27-19(3)28-24(25(17-35-28)21-8-7-9-22(15-21)33-5)16-23(27)18(2)14-26(32)30-12-10-29(11-13-30)20(4)31/h7-9,14-17H,6,10-13H2,1-5H3/b18-14+. The van der Waals surface area contributed by atoms with Crippen molar-refractivity contribution in [3.8, 4) is 22.6 Å². The van der Waals surface area contributed by atoms with E-state index in [0.29, 0.717) is 32.8 Å². The monoisotopic (exact) mass is 476 g/mol. The first kappa shape index (κ1) is 24.4. The number of amides is 2. The summed E-state index contributed by atoms with van der Waals surface area (Å²) in [5, 5.41) is 0.949. The van der Waals surface area contributed by atoms with E-state index in [0.717, 1.165) is 50.3 Å². The maximum absolute atomic E-state index is 13.1. The molecule has 0 radical (unpaired) electrons. The van der Waals surface area contributed by atoms with Crippen LogP contribution < -0.4 is 9.47 Å². The number of furan rings is 1. The first-order valence-electron chi connectivity index (χ1n) is 11.9. The zero-order valence-corrected chi connectivity index (χ0v) is 21.0. The summed E-state index contributed by atoms with van der Waals surface area (Å²) in [4.78, 5) is 28.2. The average Bonchev–Trinajstić information content (AvgIpc) is 3.30. The third-order valence-electron chi connectivity index (χ3n) is 6.51. The molecule has 7 heteroatoms. The molecular weight excluding hydrogens is 444 g/mol. The van der Waals surface area contributed by atoms with Crippen LogP contribution in [0.25, 0.3) is 27.7 Å². The van der Waals surface area contributed by atoms with Gasteiger partial charge in [-0.1, -0.05) is 12.1 Å². The molecule has 0 bridgehead atoms. The number of nitrogens with zero attached hydrogens (tertiary/aromatic N) is 2. The lowest BCUT2D eigenvalue weighted by atomic mass is 9.96. The summed E-state index contributed by atoms with van der Waals surface area (Å²) in [6, 6.07) is 9.89. The number of fused-ring (bicyclic) bond motifs is 1. The molecule has 184 valence electrons. The summed E-state index contributed by atoms with van der Waals surface area (Å²) in [5.41, 5.74) is 5.26. The fraction of sp³-hybridized carbons (Fsp3) is 0.357. The zero-order valence-electron chi connectivity index (χ0n) is 21.0. The van der Waals surface area contributed by atoms with Crippen LogP contribution >= 0.6 is 0 Å². The third kappa shape index (κ3) is 4.90. The van der Waals surface area contributed by atoms with Gasteiger partial charge in [0.05, 0.1) is 20.0 Å². The minimum Gasteiger partial charge on any atom is -0.497 e. The van der Waals surface area contributed by atoms with E-state index in [9.17, 15) is 9.59 Å². The molecule has 1 saturated heterocycles. The van der Waals surface area contributed by atoms with Gasteiger partial charge in [-0.3, -0.25) is 9.59 Å². The SMILES string of the molecule is CCOc1c(/C(C)=C/C(=O)N2CCN(C(C)=O)CC2)cc2c(-c3cccc(OC)c3)coc2c1C. The summed E-state index contributed by atoms with van der Waals surface area (Å²) in [6.45, 7) is 10.1. The van der Waals surface area contributed by atoms with Crippen LogP contribution in [0.5, 0.6) is 11.5 Å². The molecule has 0 spiro atoms. The van der Waals surface area contributed by atoms with Gasteiger partial charge in [-0.15, -0.1) is 0 Å². The lowest BCUT2D eigenvalue weighted by molar-refractivity contribution is -0.135. The second kappa shape index (κ2) is 10.3. The van der Waals surface area contributed by atoms with E-state index < -0.39 is 0 Å². The number of hydrogen-bond acceptors (Lipinski definition) is 5. The number of allylic oxidation sites excluding steroid dienone is 1. The predicted molar refractivity (Wildman–Crippen MR) is 137 cm³/mol. The van der Waals surface area contributed by atoms with Crippen LogP contribution in [-0.2, 0) is 9.59 Å². The third-order valence-corrected chi connectivity index (χ3v) is 6.51. The summed E-state index contributed by atoms with van der Waals surface area (Å²) in [7, 11) is 1.65. The Morgan fingerprint density at radius 1 is 1.09 bits per heavy atom. The van der Waals surface area contributed by atoms with Crippen LogP contribution in [0.2, 0.25) is 0 Å². The Labute approximate surface area is 205 Å². The van der Waals surface area contributed by atoms with E-state index >= 15 is 0 Å². The second-order valence-corrected chi connectivity index (χ2v) is 8.73. The van der Waals surface area contributed by atoms with Crippen LogP contribution in [0.15, 0.2) is 47.1 Å². The topological polar surface area (TPSA) is 72.2 Å². The summed E-state index contributed by atoms with van der Waals surface area (Å²) < 4.78 is 17.4. The Kier molecular flexibility index (Phi) is 7.15. The molecule has 1 aromatic heterocycles. The Hall–Kier alpha value is -3.74. The van der Waals surface area contributed by atoms with E-state index in [-0.39, 0.29) is 11.8 Å². The van der Waals surface area contributed by atoms with Crippen LogP contribution in [0.1, 0.15) is 31.9 Å². The van der Waals surface area contributed by atoms with Crippen molar-refractivity contribution in [3.63, 3.8) is 0 Å². The fourth-order valence-electron chi connectivity index (χ4n) is 4.55. The summed E-state index contributed by atoms with van der Waals surface area (Å²) in [5.74, 6) is 1.47. The highest BCUT2D eigenvalue weighted by Crippen LogP contribution is 2.41. The molecule has 0 aliphatic carbocycles. The molecule has 2 amide bonds. The van der Waals surface area contributed by atoms with E-state index in [1.54, 1.807) is 36.2 Å². The van der Waals surface area contributed by atoms with Crippen molar-refractivity contribution in [2.75, 3.05) is 39.9 Å². The molecule has 3 aromatic rings. The van der Waals surface area contributed by atoms with Crippen LogP contribution in [0.4, 0.5) is 0 Å². The lowest BCUT2D eigenvalue weighted by Gasteiger charge is -2.33. The molecule has 2 aromatic carbocycles. The minimum atomic E-state index is -0.0638. The maximum Gasteiger partial charge on any atom is 0.246 e. The van der Waals surface area contributed by atoms with Crippen molar-refractivity contribution in [1.82, 2.24) is 9.80 Å². The normalized spacial score (nSPS) is 14.4. The Bertz CT molecular complexity index is 1280. The van der Waals surface area contributed by atoms with E-state index in [4.69, 9.17) is 13.9 Å². The van der Waals surface area contributed by atoms with Gasteiger partial charge in [-0.25, -0.2) is 0 Å². The van der Waals surface area contributed by atoms with Crippen molar-refractivity contribution in [2.24, 2.45) is 0 Å². The average molecular weight is 477 g/mol. The van der Waals surface area contributed by atoms with Crippen molar-refractivity contribution < 1.29 is 23.5 Å². The molecule has 2 heterocycles. The summed E-state index contributed by atoms with van der Waals surface area (Å²) >= 11 is 0. The lowest BCUT2D eigenvalue weighted by Crippen LogP contribution is -2.49. The number of carbonyl (C=O) groups is 2. The molecular formula is C28H32N2O5. The number of aryl methyl sites for hydroxylation is 1. The number of carbonyl (C=O) groups excluding carboxylic acids is 2. The molecule has 1 aliphatic rings. The van der Waals surface area contributed by atoms with Gasteiger partial charge in [0.1, 0.15) is 17.1 Å². The quantitative estimate of drug-likeness (QED) is 0.473. The van der Waals surface area contributed by atoms with Gasteiger partial charge in [0.2, 0.25) is 11.8 Å². The Balaban J connectivity index is 1.73. The Morgan fingerprint density at radius 2 is 1.80 bits per heavy atom. The maximum atomic E-state index is 13.1. The highest BCUT2D eigenvalue weighted by atomic mass is 16.5. The van der Waals surface area contributed by atoms with E-state index in [2.05, 4.69) is 0 Å². The van der Waals surface area contributed by atoms with Gasteiger partial charge >= 0.3 is 0 Å².